The van der Waals surface area contributed by atoms with Crippen LogP contribution in [0.3, 0.4) is 0 Å². The van der Waals surface area contributed by atoms with Crippen LogP contribution in [0, 0.1) is 23.3 Å². The van der Waals surface area contributed by atoms with Crippen LogP contribution in [-0.2, 0) is 11.0 Å². The first-order valence-corrected chi connectivity index (χ1v) is 14.1. The average Bonchev–Trinajstić information content (AvgIpc) is 3.37. The maximum Gasteiger partial charge on any atom is 0.186 e. The number of hydrogen-bond donors (Lipinski definition) is 1. The lowest BCUT2D eigenvalue weighted by Gasteiger charge is -2.35. The van der Waals surface area contributed by atoms with Crippen molar-refractivity contribution in [2.75, 3.05) is 36.8 Å². The summed E-state index contributed by atoms with van der Waals surface area (Å²) in [6, 6.07) is 8.48. The van der Waals surface area contributed by atoms with Gasteiger partial charge in [-0.15, -0.1) is 0 Å². The third-order valence-corrected chi connectivity index (χ3v) is 8.93. The number of thiazole rings is 1. The smallest absolute Gasteiger partial charge is 0.186 e. The number of halogens is 4. The highest BCUT2D eigenvalue weighted by molar-refractivity contribution is 7.86. The molecule has 204 valence electrons. The molecular formula is C27H25F4N5OS2. The molecule has 3 heterocycles. The van der Waals surface area contributed by atoms with E-state index in [0.29, 0.717) is 21.6 Å². The van der Waals surface area contributed by atoms with Gasteiger partial charge < -0.3 is 9.80 Å². The fourth-order valence-electron chi connectivity index (χ4n) is 4.51. The molecule has 12 heteroatoms. The number of hydrogen-bond acceptors (Lipinski definition) is 6. The van der Waals surface area contributed by atoms with Crippen LogP contribution in [0.15, 0.2) is 59.8 Å². The molecule has 0 spiro atoms. The Morgan fingerprint density at radius 1 is 1.00 bits per heavy atom. The van der Waals surface area contributed by atoms with Crippen molar-refractivity contribution < 1.29 is 21.8 Å². The van der Waals surface area contributed by atoms with E-state index in [4.69, 9.17) is 4.98 Å². The van der Waals surface area contributed by atoms with Crippen LogP contribution in [0.25, 0.3) is 21.7 Å². The Morgan fingerprint density at radius 3 is 2.38 bits per heavy atom. The van der Waals surface area contributed by atoms with E-state index < -0.39 is 44.7 Å². The van der Waals surface area contributed by atoms with Gasteiger partial charge in [-0.1, -0.05) is 11.3 Å². The zero-order valence-corrected chi connectivity index (χ0v) is 22.8. The van der Waals surface area contributed by atoms with Crippen LogP contribution in [0.5, 0.6) is 0 Å². The first-order valence-electron chi connectivity index (χ1n) is 12.2. The Morgan fingerprint density at radius 2 is 1.69 bits per heavy atom. The summed E-state index contributed by atoms with van der Waals surface area (Å²) in [4.78, 5) is 13.1. The Hall–Kier alpha value is -3.35. The normalized spacial score (nSPS) is 15.1. The van der Waals surface area contributed by atoms with E-state index in [0.717, 1.165) is 56.3 Å². The van der Waals surface area contributed by atoms with Gasteiger partial charge in [-0.2, -0.15) is 0 Å². The van der Waals surface area contributed by atoms with E-state index in [-0.39, 0.29) is 11.4 Å². The second kappa shape index (κ2) is 11.4. The Kier molecular flexibility index (Phi) is 7.96. The molecule has 0 bridgehead atoms. The third kappa shape index (κ3) is 5.68. The molecular weight excluding hydrogens is 550 g/mol. The summed E-state index contributed by atoms with van der Waals surface area (Å²) in [5.41, 5.74) is 0.0384. The fourth-order valence-corrected chi connectivity index (χ4v) is 6.57. The van der Waals surface area contributed by atoms with Crippen LogP contribution >= 0.6 is 11.3 Å². The molecule has 1 saturated heterocycles. The topological polar surface area (TPSA) is 61.4 Å². The Bertz CT molecular complexity index is 1510. The molecule has 1 N–H and O–H groups in total. The number of piperidine rings is 1. The molecule has 0 saturated carbocycles. The van der Waals surface area contributed by atoms with E-state index in [1.165, 1.54) is 11.3 Å². The monoisotopic (exact) mass is 575 g/mol. The summed E-state index contributed by atoms with van der Waals surface area (Å²) < 4.78 is 74.0. The fraction of sp³-hybridized carbons (Fsp3) is 0.259. The summed E-state index contributed by atoms with van der Waals surface area (Å²) in [7, 11) is 1.74. The predicted molar refractivity (Wildman–Crippen MR) is 146 cm³/mol. The summed E-state index contributed by atoms with van der Waals surface area (Å²) in [6.45, 7) is 1.49. The minimum Gasteiger partial charge on any atom is -0.348 e. The van der Waals surface area contributed by atoms with Crippen LogP contribution in [-0.4, -0.2) is 52.3 Å². The molecule has 1 unspecified atom stereocenters. The highest BCUT2D eigenvalue weighted by atomic mass is 32.2. The Balaban J connectivity index is 1.54. The number of rotatable bonds is 7. The molecule has 39 heavy (non-hydrogen) atoms. The van der Waals surface area contributed by atoms with Gasteiger partial charge in [-0.3, -0.25) is 9.71 Å². The van der Waals surface area contributed by atoms with Crippen molar-refractivity contribution in [1.82, 2.24) is 14.9 Å². The lowest BCUT2D eigenvalue weighted by Crippen LogP contribution is -2.41. The number of nitrogens with one attached hydrogen (secondary N) is 1. The number of benzene rings is 2. The summed E-state index contributed by atoms with van der Waals surface area (Å²) >= 11 is 1.33. The molecule has 5 rings (SSSR count). The number of aromatic nitrogens is 2. The van der Waals surface area contributed by atoms with E-state index >= 15 is 8.78 Å². The van der Waals surface area contributed by atoms with Crippen LogP contribution in [0.4, 0.5) is 28.4 Å². The zero-order chi connectivity index (χ0) is 27.7. The van der Waals surface area contributed by atoms with Crippen molar-refractivity contribution in [3.8, 4) is 21.7 Å². The minimum atomic E-state index is -2.35. The standard InChI is InChI=1S/C27H25F4N5OS2/c1-35(2)18-9-13-36(14-10-18)27-33-25(26(38-27)16-7-11-32-12-8-16)23-20(30)5-6-21(24(23)31)34-39(37)22-15-17(28)3-4-19(22)29/h3-8,11-12,15,18,34H,9-10,13-14H2,1-2H3. The zero-order valence-electron chi connectivity index (χ0n) is 21.1. The SMILES string of the molecule is CN(C)C1CCN(c2nc(-c3c(F)ccc(NS(=O)c4cc(F)ccc4F)c3F)c(-c3ccncc3)s2)CC1. The van der Waals surface area contributed by atoms with Gasteiger partial charge in [0.15, 0.2) is 21.9 Å². The first-order chi connectivity index (χ1) is 18.7. The lowest BCUT2D eigenvalue weighted by molar-refractivity contribution is 0.249. The summed E-state index contributed by atoms with van der Waals surface area (Å²) in [6.07, 6.45) is 5.03. The highest BCUT2D eigenvalue weighted by Gasteiger charge is 2.28. The van der Waals surface area contributed by atoms with Crippen LogP contribution in [0.2, 0.25) is 0 Å². The van der Waals surface area contributed by atoms with Gasteiger partial charge in [-0.25, -0.2) is 26.8 Å². The largest absolute Gasteiger partial charge is 0.348 e. The predicted octanol–water partition coefficient (Wildman–Crippen LogP) is 6.09. The van der Waals surface area contributed by atoms with Crippen molar-refractivity contribution >= 4 is 33.1 Å². The van der Waals surface area contributed by atoms with Crippen molar-refractivity contribution in [3.05, 3.63) is 78.1 Å². The van der Waals surface area contributed by atoms with Gasteiger partial charge in [-0.05, 0) is 75.0 Å². The van der Waals surface area contributed by atoms with Crippen molar-refractivity contribution in [2.45, 2.75) is 23.8 Å². The number of anilines is 2. The number of pyridine rings is 1. The molecule has 0 radical (unpaired) electrons. The first kappa shape index (κ1) is 27.2. The average molecular weight is 576 g/mol. The maximum absolute atomic E-state index is 15.9. The summed E-state index contributed by atoms with van der Waals surface area (Å²) in [5.74, 6) is -3.63. The molecule has 1 aliphatic rings. The van der Waals surface area contributed by atoms with Crippen LogP contribution in [0.1, 0.15) is 12.8 Å². The van der Waals surface area contributed by atoms with E-state index in [1.807, 2.05) is 14.1 Å². The van der Waals surface area contributed by atoms with E-state index in [1.54, 1.807) is 24.5 Å². The molecule has 0 amide bonds. The quantitative estimate of drug-likeness (QED) is 0.270. The van der Waals surface area contributed by atoms with Gasteiger partial charge in [0.2, 0.25) is 0 Å². The highest BCUT2D eigenvalue weighted by Crippen LogP contribution is 2.43. The van der Waals surface area contributed by atoms with Crippen molar-refractivity contribution in [3.63, 3.8) is 0 Å². The van der Waals surface area contributed by atoms with E-state index in [2.05, 4.69) is 19.5 Å². The third-order valence-electron chi connectivity index (χ3n) is 6.65. The second-order valence-corrected chi connectivity index (χ2v) is 11.5. The van der Waals surface area contributed by atoms with E-state index in [9.17, 15) is 13.0 Å². The Labute approximate surface area is 229 Å². The maximum atomic E-state index is 15.9. The molecule has 1 aliphatic heterocycles. The second-order valence-electron chi connectivity index (χ2n) is 9.32. The molecule has 1 atom stereocenters. The van der Waals surface area contributed by atoms with Gasteiger partial charge in [0.25, 0.3) is 0 Å². The molecule has 1 fully saturated rings. The van der Waals surface area contributed by atoms with Crippen molar-refractivity contribution in [1.29, 1.82) is 0 Å². The van der Waals surface area contributed by atoms with Crippen molar-refractivity contribution in [2.24, 2.45) is 0 Å². The van der Waals surface area contributed by atoms with Gasteiger partial charge in [0.1, 0.15) is 17.5 Å². The minimum absolute atomic E-state index is 0.0947. The lowest BCUT2D eigenvalue weighted by atomic mass is 10.0. The van der Waals surface area contributed by atoms with Crippen LogP contribution < -0.4 is 9.62 Å². The molecule has 6 nitrogen and oxygen atoms in total. The molecule has 2 aromatic heterocycles. The molecule has 0 aliphatic carbocycles. The summed E-state index contributed by atoms with van der Waals surface area (Å²) in [5, 5.41) is 0.636. The number of nitrogens with zero attached hydrogens (tertiary/aromatic N) is 4. The van der Waals surface area contributed by atoms with Gasteiger partial charge >= 0.3 is 0 Å². The van der Waals surface area contributed by atoms with Gasteiger partial charge in [0, 0.05) is 31.5 Å². The molecule has 2 aromatic carbocycles. The molecule has 4 aromatic rings. The van der Waals surface area contributed by atoms with Gasteiger partial charge in [0.05, 0.1) is 26.7 Å².